The van der Waals surface area contributed by atoms with Gasteiger partial charge in [0.1, 0.15) is 5.69 Å². The van der Waals surface area contributed by atoms with Crippen LogP contribution >= 0.6 is 11.8 Å². The van der Waals surface area contributed by atoms with Crippen LogP contribution in [0.15, 0.2) is 18.2 Å². The number of thioether (sulfide) groups is 1. The zero-order valence-electron chi connectivity index (χ0n) is 10.3. The van der Waals surface area contributed by atoms with E-state index in [0.29, 0.717) is 12.1 Å². The second-order valence-electron chi connectivity index (χ2n) is 3.75. The fourth-order valence-electron chi connectivity index (χ4n) is 1.40. The molecule has 0 saturated carbocycles. The van der Waals surface area contributed by atoms with Crippen molar-refractivity contribution in [2.75, 3.05) is 31.3 Å². The summed E-state index contributed by atoms with van der Waals surface area (Å²) in [6.07, 6.45) is 1.96. The maximum atomic E-state index is 12.0. The lowest BCUT2D eigenvalue weighted by Gasteiger charge is -2.16. The molecule has 2 N–H and O–H groups in total. The van der Waals surface area contributed by atoms with Gasteiger partial charge in [0.05, 0.1) is 4.92 Å². The molecule has 1 amide bonds. The third kappa shape index (κ3) is 3.36. The Bertz CT molecular complexity index is 465. The Kier molecular flexibility index (Phi) is 4.96. The normalized spacial score (nSPS) is 10.1. The van der Waals surface area contributed by atoms with E-state index in [1.807, 2.05) is 6.26 Å². The summed E-state index contributed by atoms with van der Waals surface area (Å²) in [5, 5.41) is 10.6. The Labute approximate surface area is 109 Å². The lowest BCUT2D eigenvalue weighted by atomic mass is 10.1. The second-order valence-corrected chi connectivity index (χ2v) is 4.74. The number of benzene rings is 1. The highest BCUT2D eigenvalue weighted by atomic mass is 32.2. The molecule has 0 aliphatic rings. The summed E-state index contributed by atoms with van der Waals surface area (Å²) in [6, 6.07) is 4.02. The molecule has 0 radical (unpaired) electrons. The Morgan fingerprint density at radius 2 is 2.22 bits per heavy atom. The van der Waals surface area contributed by atoms with Crippen LogP contribution in [-0.2, 0) is 0 Å². The molecule has 0 aromatic heterocycles. The van der Waals surface area contributed by atoms with E-state index in [-0.39, 0.29) is 17.3 Å². The third-order valence-electron chi connectivity index (χ3n) is 2.45. The molecule has 0 heterocycles. The monoisotopic (exact) mass is 269 g/mol. The zero-order chi connectivity index (χ0) is 13.7. The largest absolute Gasteiger partial charge is 0.393 e. The van der Waals surface area contributed by atoms with Crippen LogP contribution in [0.5, 0.6) is 0 Å². The summed E-state index contributed by atoms with van der Waals surface area (Å²) in [5.41, 5.74) is 5.73. The van der Waals surface area contributed by atoms with Gasteiger partial charge in [-0.25, -0.2) is 0 Å². The molecule has 0 unspecified atom stereocenters. The number of nitro benzene ring substituents is 1. The van der Waals surface area contributed by atoms with E-state index in [9.17, 15) is 14.9 Å². The highest BCUT2D eigenvalue weighted by molar-refractivity contribution is 7.98. The van der Waals surface area contributed by atoms with Gasteiger partial charge in [-0.05, 0) is 18.4 Å². The van der Waals surface area contributed by atoms with E-state index in [2.05, 4.69) is 0 Å². The third-order valence-corrected chi connectivity index (χ3v) is 3.04. The van der Waals surface area contributed by atoms with Crippen molar-refractivity contribution in [3.05, 3.63) is 33.9 Å². The van der Waals surface area contributed by atoms with Gasteiger partial charge in [0.25, 0.3) is 11.6 Å². The summed E-state index contributed by atoms with van der Waals surface area (Å²) in [7, 11) is 1.69. The van der Waals surface area contributed by atoms with Crippen molar-refractivity contribution < 1.29 is 9.72 Å². The first-order chi connectivity index (χ1) is 8.47. The number of hydrogen-bond donors (Lipinski definition) is 1. The maximum absolute atomic E-state index is 12.0. The quantitative estimate of drug-likeness (QED) is 0.498. The fraction of sp³-hybridized carbons (Fsp3) is 0.364. The minimum atomic E-state index is -0.568. The Morgan fingerprint density at radius 3 is 2.72 bits per heavy atom. The van der Waals surface area contributed by atoms with Crippen LogP contribution in [0.25, 0.3) is 0 Å². The lowest BCUT2D eigenvalue weighted by molar-refractivity contribution is -0.383. The van der Waals surface area contributed by atoms with Crippen molar-refractivity contribution in [2.45, 2.75) is 0 Å². The molecule has 6 nitrogen and oxygen atoms in total. The molecule has 0 aliphatic carbocycles. The van der Waals surface area contributed by atoms with Crippen LogP contribution in [0.1, 0.15) is 10.4 Å². The van der Waals surface area contributed by atoms with Crippen molar-refractivity contribution in [3.63, 3.8) is 0 Å². The van der Waals surface area contributed by atoms with Gasteiger partial charge in [-0.15, -0.1) is 0 Å². The van der Waals surface area contributed by atoms with Crippen LogP contribution in [0.3, 0.4) is 0 Å². The van der Waals surface area contributed by atoms with Crippen molar-refractivity contribution in [1.82, 2.24) is 4.90 Å². The standard InChI is InChI=1S/C11H15N3O3S/c1-13(5-6-18-2)11(15)8-3-4-10(14(16)17)9(12)7-8/h3-4,7H,5-6,12H2,1-2H3. The lowest BCUT2D eigenvalue weighted by Crippen LogP contribution is -2.28. The fourth-order valence-corrected chi connectivity index (χ4v) is 1.86. The highest BCUT2D eigenvalue weighted by Crippen LogP contribution is 2.22. The van der Waals surface area contributed by atoms with Gasteiger partial charge < -0.3 is 10.6 Å². The molecule has 0 spiro atoms. The highest BCUT2D eigenvalue weighted by Gasteiger charge is 2.16. The number of nitrogens with two attached hydrogens (primary N) is 1. The molecule has 0 atom stereocenters. The van der Waals surface area contributed by atoms with Gasteiger partial charge in [-0.3, -0.25) is 14.9 Å². The minimum absolute atomic E-state index is 0.00381. The van der Waals surface area contributed by atoms with Crippen LogP contribution in [0.4, 0.5) is 11.4 Å². The molecule has 0 saturated heterocycles. The average molecular weight is 269 g/mol. The van der Waals surface area contributed by atoms with Crippen molar-refractivity contribution in [3.8, 4) is 0 Å². The summed E-state index contributed by atoms with van der Waals surface area (Å²) in [5.74, 6) is 0.649. The Balaban J connectivity index is 2.87. The molecule has 0 aliphatic heterocycles. The molecular weight excluding hydrogens is 254 g/mol. The van der Waals surface area contributed by atoms with Gasteiger partial charge in [-0.1, -0.05) is 0 Å². The summed E-state index contributed by atoms with van der Waals surface area (Å²) < 4.78 is 0. The molecule has 0 fully saturated rings. The number of anilines is 1. The molecule has 18 heavy (non-hydrogen) atoms. The summed E-state index contributed by atoms with van der Waals surface area (Å²) >= 11 is 1.64. The number of nitrogen functional groups attached to an aromatic ring is 1. The summed E-state index contributed by atoms with van der Waals surface area (Å²) in [4.78, 5) is 23.6. The molecule has 1 aromatic carbocycles. The van der Waals surface area contributed by atoms with Gasteiger partial charge in [-0.2, -0.15) is 11.8 Å². The Hall–Kier alpha value is -1.76. The summed E-state index contributed by atoms with van der Waals surface area (Å²) in [6.45, 7) is 0.622. The molecule has 1 rings (SSSR count). The number of carbonyl (C=O) groups is 1. The van der Waals surface area contributed by atoms with E-state index in [0.717, 1.165) is 5.75 Å². The number of hydrogen-bond acceptors (Lipinski definition) is 5. The smallest absolute Gasteiger partial charge is 0.292 e. The average Bonchev–Trinajstić information content (AvgIpc) is 2.34. The Morgan fingerprint density at radius 1 is 1.56 bits per heavy atom. The maximum Gasteiger partial charge on any atom is 0.292 e. The van der Waals surface area contributed by atoms with Crippen LogP contribution < -0.4 is 5.73 Å². The molecule has 0 bridgehead atoms. The van der Waals surface area contributed by atoms with Crippen molar-refractivity contribution in [2.24, 2.45) is 0 Å². The predicted octanol–water partition coefficient (Wildman–Crippen LogP) is 1.61. The van der Waals surface area contributed by atoms with Crippen LogP contribution in [-0.4, -0.2) is 41.3 Å². The van der Waals surface area contributed by atoms with Gasteiger partial charge in [0.2, 0.25) is 0 Å². The van der Waals surface area contributed by atoms with E-state index < -0.39 is 4.92 Å². The number of carbonyl (C=O) groups excluding carboxylic acids is 1. The first-order valence-corrected chi connectivity index (χ1v) is 6.65. The number of amides is 1. The van der Waals surface area contributed by atoms with Crippen LogP contribution in [0.2, 0.25) is 0 Å². The van der Waals surface area contributed by atoms with Gasteiger partial charge in [0.15, 0.2) is 0 Å². The molecule has 7 heteroatoms. The number of rotatable bonds is 5. The number of nitro groups is 1. The molecule has 1 aromatic rings. The zero-order valence-corrected chi connectivity index (χ0v) is 11.1. The first-order valence-electron chi connectivity index (χ1n) is 5.25. The van der Waals surface area contributed by atoms with Gasteiger partial charge >= 0.3 is 0 Å². The molecular formula is C11H15N3O3S. The SMILES string of the molecule is CSCCN(C)C(=O)c1ccc([N+](=O)[O-])c(N)c1. The van der Waals surface area contributed by atoms with E-state index in [1.54, 1.807) is 23.7 Å². The first kappa shape index (κ1) is 14.3. The second kappa shape index (κ2) is 6.25. The van der Waals surface area contributed by atoms with E-state index >= 15 is 0 Å². The van der Waals surface area contributed by atoms with E-state index in [1.165, 1.54) is 18.2 Å². The topological polar surface area (TPSA) is 89.5 Å². The predicted molar refractivity (Wildman–Crippen MR) is 72.9 cm³/mol. The number of nitrogens with zero attached hydrogens (tertiary/aromatic N) is 2. The van der Waals surface area contributed by atoms with Crippen molar-refractivity contribution in [1.29, 1.82) is 0 Å². The minimum Gasteiger partial charge on any atom is -0.393 e. The van der Waals surface area contributed by atoms with E-state index in [4.69, 9.17) is 5.73 Å². The van der Waals surface area contributed by atoms with Crippen LogP contribution in [0, 0.1) is 10.1 Å². The molecule has 98 valence electrons. The van der Waals surface area contributed by atoms with Crippen molar-refractivity contribution >= 4 is 29.0 Å². The van der Waals surface area contributed by atoms with Gasteiger partial charge in [0, 0.05) is 31.0 Å².